The Morgan fingerprint density at radius 3 is 2.83 bits per heavy atom. The van der Waals surface area contributed by atoms with E-state index in [1.165, 1.54) is 21.9 Å². The summed E-state index contributed by atoms with van der Waals surface area (Å²) in [5.74, 6) is 0.424. The van der Waals surface area contributed by atoms with Gasteiger partial charge in [-0.3, -0.25) is 4.57 Å². The monoisotopic (exact) mass is 333 g/mol. The minimum atomic E-state index is -0.396. The van der Waals surface area contributed by atoms with E-state index in [0.717, 1.165) is 12.8 Å². The van der Waals surface area contributed by atoms with Gasteiger partial charge in [0, 0.05) is 25.8 Å². The average Bonchev–Trinajstić information content (AvgIpc) is 3.06. The summed E-state index contributed by atoms with van der Waals surface area (Å²) < 4.78 is 20.0. The van der Waals surface area contributed by atoms with E-state index in [1.807, 2.05) is 0 Å². The van der Waals surface area contributed by atoms with Crippen molar-refractivity contribution in [1.29, 1.82) is 0 Å². The van der Waals surface area contributed by atoms with Gasteiger partial charge in [-0.05, 0) is 18.9 Å². The van der Waals surface area contributed by atoms with Crippen LogP contribution in [0.4, 0.5) is 0 Å². The van der Waals surface area contributed by atoms with Crippen LogP contribution in [0.2, 0.25) is 0 Å². The lowest BCUT2D eigenvalue weighted by Gasteiger charge is -2.22. The summed E-state index contributed by atoms with van der Waals surface area (Å²) >= 11 is 0. The zero-order valence-electron chi connectivity index (χ0n) is 13.5. The summed E-state index contributed by atoms with van der Waals surface area (Å²) in [7, 11) is 3.30. The Morgan fingerprint density at radius 2 is 2.25 bits per heavy atom. The molecule has 24 heavy (non-hydrogen) atoms. The third-order valence-corrected chi connectivity index (χ3v) is 4.83. The molecule has 1 saturated heterocycles. The van der Waals surface area contributed by atoms with Gasteiger partial charge in [0.1, 0.15) is 25.0 Å². The second-order valence-corrected chi connectivity index (χ2v) is 6.19. The van der Waals surface area contributed by atoms with Crippen LogP contribution in [-0.4, -0.2) is 57.3 Å². The van der Waals surface area contributed by atoms with Gasteiger partial charge >= 0.3 is 5.69 Å². The lowest BCUT2D eigenvalue weighted by molar-refractivity contribution is -0.0625. The van der Waals surface area contributed by atoms with Gasteiger partial charge in [0.2, 0.25) is 0 Å². The zero-order valence-corrected chi connectivity index (χ0v) is 13.5. The molecule has 0 amide bonds. The molecule has 0 unspecified atom stereocenters. The van der Waals surface area contributed by atoms with Crippen LogP contribution in [0, 0.1) is 5.41 Å². The third kappa shape index (κ3) is 2.27. The van der Waals surface area contributed by atoms with Crippen molar-refractivity contribution in [3.63, 3.8) is 0 Å². The van der Waals surface area contributed by atoms with Crippen molar-refractivity contribution < 1.29 is 14.2 Å². The largest absolute Gasteiger partial charge is 0.382 e. The van der Waals surface area contributed by atoms with Gasteiger partial charge in [0.15, 0.2) is 5.82 Å². The fourth-order valence-corrected chi connectivity index (χ4v) is 3.62. The lowest BCUT2D eigenvalue weighted by Crippen LogP contribution is -2.35. The molecule has 0 radical (unpaired) electrons. The molecule has 1 spiro atoms. The summed E-state index contributed by atoms with van der Waals surface area (Å²) in [6, 6.07) is 1.72. The maximum absolute atomic E-state index is 12.5. The molecular weight excluding hydrogens is 314 g/mol. The first-order chi connectivity index (χ1) is 11.7. The average molecular weight is 333 g/mol. The molecule has 9 nitrogen and oxygen atoms in total. The summed E-state index contributed by atoms with van der Waals surface area (Å²) in [6.07, 6.45) is 5.80. The van der Waals surface area contributed by atoms with E-state index in [9.17, 15) is 4.79 Å². The Morgan fingerprint density at radius 1 is 1.42 bits per heavy atom. The van der Waals surface area contributed by atoms with Gasteiger partial charge < -0.3 is 14.2 Å². The first-order valence-electron chi connectivity index (χ1n) is 7.81. The number of nitrogens with zero attached hydrogens (tertiary/aromatic N) is 5. The van der Waals surface area contributed by atoms with E-state index in [2.05, 4.69) is 15.1 Å². The highest BCUT2D eigenvalue weighted by Crippen LogP contribution is 2.63. The van der Waals surface area contributed by atoms with Crippen molar-refractivity contribution in [3.8, 4) is 5.82 Å². The molecular formula is C15H19N5O4. The molecule has 4 rings (SSSR count). The molecule has 2 aromatic rings. The van der Waals surface area contributed by atoms with Crippen molar-refractivity contribution in [2.24, 2.45) is 5.41 Å². The Balaban J connectivity index is 1.68. The van der Waals surface area contributed by atoms with Crippen molar-refractivity contribution in [1.82, 2.24) is 24.3 Å². The smallest absolute Gasteiger partial charge is 0.351 e. The number of hydrogen-bond acceptors (Lipinski definition) is 7. The summed E-state index contributed by atoms with van der Waals surface area (Å²) in [5, 5.41) is 3.98. The maximum Gasteiger partial charge on any atom is 0.351 e. The third-order valence-electron chi connectivity index (χ3n) is 4.83. The van der Waals surface area contributed by atoms with Gasteiger partial charge in [-0.1, -0.05) is 0 Å². The topological polar surface area (TPSA) is 93.3 Å². The van der Waals surface area contributed by atoms with Crippen molar-refractivity contribution in [2.45, 2.75) is 31.3 Å². The van der Waals surface area contributed by atoms with E-state index in [4.69, 9.17) is 14.2 Å². The number of aromatic nitrogens is 5. The van der Waals surface area contributed by atoms with Crippen molar-refractivity contribution in [3.05, 3.63) is 35.4 Å². The van der Waals surface area contributed by atoms with E-state index in [0.29, 0.717) is 12.4 Å². The molecule has 1 aliphatic heterocycles. The molecule has 1 aliphatic carbocycles. The molecule has 1 saturated carbocycles. The molecule has 3 atom stereocenters. The summed E-state index contributed by atoms with van der Waals surface area (Å²) in [5.41, 5.74) is -0.565. The fraction of sp³-hybridized carbons (Fsp3) is 0.600. The van der Waals surface area contributed by atoms with Gasteiger partial charge in [-0.25, -0.2) is 14.5 Å². The Kier molecular flexibility index (Phi) is 3.70. The molecule has 2 fully saturated rings. The Labute approximate surface area is 138 Å². The van der Waals surface area contributed by atoms with Gasteiger partial charge in [-0.2, -0.15) is 10.1 Å². The minimum Gasteiger partial charge on any atom is -0.382 e. The van der Waals surface area contributed by atoms with Crippen LogP contribution in [0.15, 0.2) is 29.7 Å². The number of hydrogen-bond donors (Lipinski definition) is 0. The number of methoxy groups -OCH3 is 2. The van der Waals surface area contributed by atoms with Crippen molar-refractivity contribution in [2.75, 3.05) is 20.8 Å². The van der Waals surface area contributed by atoms with Crippen LogP contribution < -0.4 is 5.69 Å². The predicted octanol–water partition coefficient (Wildman–Crippen LogP) is 0.163. The number of rotatable bonds is 5. The van der Waals surface area contributed by atoms with E-state index < -0.39 is 6.23 Å². The standard InChI is InChI=1S/C15H19N5O4/c1-22-7-10-12(23-2)15(4-5-15)13(24-10)19-6-3-11(18-14(19)21)20-9-16-8-17-20/h3,6,8-10,12-13H,4-5,7H2,1-2H3/t10-,12-,13-/m1/s1. The van der Waals surface area contributed by atoms with Crippen LogP contribution in [0.1, 0.15) is 19.1 Å². The normalized spacial score (nSPS) is 27.7. The van der Waals surface area contributed by atoms with Crippen LogP contribution in [0.3, 0.4) is 0 Å². The van der Waals surface area contributed by atoms with Gasteiger partial charge in [0.25, 0.3) is 0 Å². The highest BCUT2D eigenvalue weighted by Gasteiger charge is 2.65. The molecule has 128 valence electrons. The molecule has 9 heteroatoms. The SMILES string of the molecule is COC[C@H]1O[C@@H](n2ccc(-n3cncn3)nc2=O)C2(CC2)[C@@H]1OC. The van der Waals surface area contributed by atoms with Crippen molar-refractivity contribution >= 4 is 0 Å². The van der Waals surface area contributed by atoms with E-state index in [1.54, 1.807) is 26.5 Å². The second kappa shape index (κ2) is 5.76. The Bertz CT molecular complexity index is 770. The van der Waals surface area contributed by atoms with E-state index >= 15 is 0 Å². The first-order valence-corrected chi connectivity index (χ1v) is 7.81. The Hall–Kier alpha value is -2.10. The quantitative estimate of drug-likeness (QED) is 0.769. The fourth-order valence-electron chi connectivity index (χ4n) is 3.62. The molecule has 0 N–H and O–H groups in total. The van der Waals surface area contributed by atoms with Gasteiger partial charge in [-0.15, -0.1) is 0 Å². The number of ether oxygens (including phenoxy) is 3. The predicted molar refractivity (Wildman–Crippen MR) is 81.7 cm³/mol. The lowest BCUT2D eigenvalue weighted by atomic mass is 9.96. The van der Waals surface area contributed by atoms with Crippen LogP contribution in [0.5, 0.6) is 0 Å². The van der Waals surface area contributed by atoms with Crippen LogP contribution in [0.25, 0.3) is 5.82 Å². The molecule has 2 aliphatic rings. The van der Waals surface area contributed by atoms with Crippen LogP contribution in [-0.2, 0) is 14.2 Å². The zero-order chi connectivity index (χ0) is 16.7. The molecule has 2 aromatic heterocycles. The maximum atomic E-state index is 12.5. The summed E-state index contributed by atoms with van der Waals surface area (Å²) in [4.78, 5) is 20.5. The first kappa shape index (κ1) is 15.4. The summed E-state index contributed by atoms with van der Waals surface area (Å²) in [6.45, 7) is 0.427. The highest BCUT2D eigenvalue weighted by atomic mass is 16.6. The molecule has 0 aromatic carbocycles. The minimum absolute atomic E-state index is 0.0932. The van der Waals surface area contributed by atoms with Gasteiger partial charge in [0.05, 0.1) is 12.7 Å². The second-order valence-electron chi connectivity index (χ2n) is 6.19. The highest BCUT2D eigenvalue weighted by molar-refractivity contribution is 5.18. The molecule has 0 bridgehead atoms. The van der Waals surface area contributed by atoms with Crippen LogP contribution >= 0.6 is 0 Å². The molecule has 3 heterocycles. The van der Waals surface area contributed by atoms with E-state index in [-0.39, 0.29) is 23.3 Å².